The molecule has 1 aliphatic heterocycles. The Morgan fingerprint density at radius 2 is 2.13 bits per heavy atom. The molecule has 0 bridgehead atoms. The van der Waals surface area contributed by atoms with Crippen LogP contribution in [-0.2, 0) is 4.79 Å². The van der Waals surface area contributed by atoms with Gasteiger partial charge >= 0.3 is 0 Å². The molecule has 15 heavy (non-hydrogen) atoms. The maximum atomic E-state index is 10.9. The molecule has 0 aromatic carbocycles. The van der Waals surface area contributed by atoms with Gasteiger partial charge in [-0.3, -0.25) is 4.79 Å². The fraction of sp³-hybridized carbons (Fsp3) is 0.750. The summed E-state index contributed by atoms with van der Waals surface area (Å²) in [5.74, 6) is 0.266. The lowest BCUT2D eigenvalue weighted by atomic mass is 10.2. The molecule has 0 radical (unpaired) electrons. The maximum absolute atomic E-state index is 10.9. The number of hydrogen-bond acceptors (Lipinski definition) is 2. The first-order valence-electron chi connectivity index (χ1n) is 5.82. The van der Waals surface area contributed by atoms with Gasteiger partial charge in [0.05, 0.1) is 8.07 Å². The molecule has 1 aliphatic rings. The number of Topliss-reactive ketones (excluding diaryl/α,β-unsaturated/α-hetero) is 1. The van der Waals surface area contributed by atoms with E-state index in [9.17, 15) is 4.79 Å². The fourth-order valence-corrected chi connectivity index (χ4v) is 3.51. The molecule has 1 rings (SSSR count). The highest BCUT2D eigenvalue weighted by atomic mass is 28.3. The maximum Gasteiger partial charge on any atom is 0.133 e. The van der Waals surface area contributed by atoms with Crippen LogP contribution in [0.25, 0.3) is 0 Å². The molecule has 0 spiro atoms. The number of carbonyl (C=O) groups is 1. The molecular weight excluding hydrogens is 202 g/mol. The lowest BCUT2D eigenvalue weighted by Gasteiger charge is -2.27. The first-order valence-corrected chi connectivity index (χ1v) is 9.52. The summed E-state index contributed by atoms with van der Waals surface area (Å²) in [6.45, 7) is 10.0. The minimum Gasteiger partial charge on any atom is -0.378 e. The van der Waals surface area contributed by atoms with E-state index in [0.717, 1.165) is 6.42 Å². The fourth-order valence-electron chi connectivity index (χ4n) is 2.00. The monoisotopic (exact) mass is 225 g/mol. The van der Waals surface area contributed by atoms with Crippen LogP contribution >= 0.6 is 0 Å². The van der Waals surface area contributed by atoms with Gasteiger partial charge in [0.15, 0.2) is 0 Å². The third-order valence-electron chi connectivity index (χ3n) is 2.56. The first-order chi connectivity index (χ1) is 6.88. The third kappa shape index (κ3) is 4.65. The number of rotatable bonds is 4. The molecule has 1 saturated heterocycles. The van der Waals surface area contributed by atoms with Crippen LogP contribution in [0.5, 0.6) is 0 Å². The van der Waals surface area contributed by atoms with Crippen LogP contribution in [0.4, 0.5) is 0 Å². The summed E-state index contributed by atoms with van der Waals surface area (Å²) in [7, 11) is -1.02. The molecule has 0 aromatic heterocycles. The van der Waals surface area contributed by atoms with Crippen LogP contribution in [0.3, 0.4) is 0 Å². The summed E-state index contributed by atoms with van der Waals surface area (Å²) < 4.78 is 0. The number of likely N-dealkylation sites (tertiary alicyclic amines) is 1. The Balaban J connectivity index is 2.57. The second-order valence-electron chi connectivity index (χ2n) is 5.69. The molecule has 0 aliphatic carbocycles. The van der Waals surface area contributed by atoms with Crippen LogP contribution in [0.2, 0.25) is 19.6 Å². The first kappa shape index (κ1) is 12.5. The van der Waals surface area contributed by atoms with Crippen molar-refractivity contribution in [2.24, 2.45) is 0 Å². The van der Waals surface area contributed by atoms with Crippen molar-refractivity contribution in [1.29, 1.82) is 0 Å². The van der Waals surface area contributed by atoms with Crippen molar-refractivity contribution >= 4 is 13.9 Å². The van der Waals surface area contributed by atoms with Gasteiger partial charge in [-0.05, 0) is 19.8 Å². The minimum absolute atomic E-state index is 0.266. The van der Waals surface area contributed by atoms with Crippen LogP contribution in [0, 0.1) is 0 Å². The van der Waals surface area contributed by atoms with Gasteiger partial charge in [-0.15, -0.1) is 0 Å². The predicted molar refractivity (Wildman–Crippen MR) is 67.5 cm³/mol. The molecule has 0 N–H and O–H groups in total. The van der Waals surface area contributed by atoms with E-state index in [2.05, 4.69) is 30.6 Å². The molecule has 3 heteroatoms. The molecule has 0 aromatic rings. The standard InChI is InChI=1S/C12H23NOSi/c1-11(14)7-8-12-6-5-9-13(12)10-15(2,3)4/h8H,5-7,9-10H2,1-4H3. The average molecular weight is 225 g/mol. The van der Waals surface area contributed by atoms with Crippen molar-refractivity contribution in [3.8, 4) is 0 Å². The van der Waals surface area contributed by atoms with E-state index in [1.54, 1.807) is 6.92 Å². The number of nitrogens with zero attached hydrogens (tertiary/aromatic N) is 1. The second-order valence-corrected chi connectivity index (χ2v) is 11.1. The highest BCUT2D eigenvalue weighted by molar-refractivity contribution is 6.76. The van der Waals surface area contributed by atoms with Crippen molar-refractivity contribution in [2.45, 2.75) is 45.8 Å². The zero-order valence-electron chi connectivity index (χ0n) is 10.5. The van der Waals surface area contributed by atoms with Crippen molar-refractivity contribution in [3.63, 3.8) is 0 Å². The summed E-state index contributed by atoms with van der Waals surface area (Å²) in [4.78, 5) is 13.4. The van der Waals surface area contributed by atoms with E-state index in [1.165, 1.54) is 24.8 Å². The Bertz CT molecular complexity index is 265. The van der Waals surface area contributed by atoms with Crippen LogP contribution in [0.1, 0.15) is 26.2 Å². The van der Waals surface area contributed by atoms with Gasteiger partial charge in [0.25, 0.3) is 0 Å². The Kier molecular flexibility index (Phi) is 4.14. The molecule has 0 atom stereocenters. The number of carbonyl (C=O) groups excluding carboxylic acids is 1. The van der Waals surface area contributed by atoms with Crippen LogP contribution < -0.4 is 0 Å². The minimum atomic E-state index is -1.02. The summed E-state index contributed by atoms with van der Waals surface area (Å²) in [6, 6.07) is 0. The highest BCUT2D eigenvalue weighted by Gasteiger charge is 2.23. The topological polar surface area (TPSA) is 20.3 Å². The van der Waals surface area contributed by atoms with Gasteiger partial charge < -0.3 is 4.90 Å². The number of hydrogen-bond donors (Lipinski definition) is 0. The molecule has 1 fully saturated rings. The Morgan fingerprint density at radius 3 is 2.67 bits per heavy atom. The largest absolute Gasteiger partial charge is 0.378 e. The van der Waals surface area contributed by atoms with Crippen molar-refractivity contribution in [1.82, 2.24) is 4.90 Å². The molecular formula is C12H23NOSi. The van der Waals surface area contributed by atoms with E-state index in [1.807, 2.05) is 0 Å². The van der Waals surface area contributed by atoms with Crippen molar-refractivity contribution < 1.29 is 4.79 Å². The van der Waals surface area contributed by atoms with Crippen molar-refractivity contribution in [2.75, 3.05) is 12.7 Å². The van der Waals surface area contributed by atoms with Crippen LogP contribution in [-0.4, -0.2) is 31.5 Å². The molecule has 86 valence electrons. The lowest BCUT2D eigenvalue weighted by molar-refractivity contribution is -0.116. The van der Waals surface area contributed by atoms with E-state index in [-0.39, 0.29) is 5.78 Å². The van der Waals surface area contributed by atoms with Crippen LogP contribution in [0.15, 0.2) is 11.8 Å². The lowest BCUT2D eigenvalue weighted by Crippen LogP contribution is -2.37. The van der Waals surface area contributed by atoms with Gasteiger partial charge in [0.2, 0.25) is 0 Å². The van der Waals surface area contributed by atoms with E-state index >= 15 is 0 Å². The Morgan fingerprint density at radius 1 is 1.47 bits per heavy atom. The zero-order valence-corrected chi connectivity index (χ0v) is 11.5. The normalized spacial score (nSPS) is 20.0. The quantitative estimate of drug-likeness (QED) is 0.686. The van der Waals surface area contributed by atoms with E-state index in [0.29, 0.717) is 6.42 Å². The molecule has 0 saturated carbocycles. The molecule has 0 amide bonds. The molecule has 0 unspecified atom stereocenters. The molecule has 2 nitrogen and oxygen atoms in total. The van der Waals surface area contributed by atoms with Crippen molar-refractivity contribution in [3.05, 3.63) is 11.8 Å². The van der Waals surface area contributed by atoms with Gasteiger partial charge in [0, 0.05) is 24.8 Å². The average Bonchev–Trinajstić information content (AvgIpc) is 2.45. The van der Waals surface area contributed by atoms with Gasteiger partial charge in [-0.2, -0.15) is 0 Å². The Hall–Kier alpha value is -0.573. The van der Waals surface area contributed by atoms with Gasteiger partial charge in [-0.1, -0.05) is 25.7 Å². The summed E-state index contributed by atoms with van der Waals surface area (Å²) >= 11 is 0. The summed E-state index contributed by atoms with van der Waals surface area (Å²) in [5.41, 5.74) is 1.41. The SMILES string of the molecule is CC(=O)CC=C1CCCN1C[Si](C)(C)C. The van der Waals surface area contributed by atoms with E-state index in [4.69, 9.17) is 0 Å². The number of ketones is 1. The third-order valence-corrected chi connectivity index (χ3v) is 3.89. The summed E-state index contributed by atoms with van der Waals surface area (Å²) in [6.07, 6.45) is 6.40. The van der Waals surface area contributed by atoms with E-state index < -0.39 is 8.07 Å². The molecule has 1 heterocycles. The van der Waals surface area contributed by atoms with Gasteiger partial charge in [-0.25, -0.2) is 0 Å². The zero-order chi connectivity index (χ0) is 11.5. The second kappa shape index (κ2) is 4.97. The smallest absolute Gasteiger partial charge is 0.133 e. The number of allylic oxidation sites excluding steroid dienone is 2. The Labute approximate surface area is 94.4 Å². The highest BCUT2D eigenvalue weighted by Crippen LogP contribution is 2.23. The predicted octanol–water partition coefficient (Wildman–Crippen LogP) is 2.82. The van der Waals surface area contributed by atoms with Gasteiger partial charge in [0.1, 0.15) is 5.78 Å². The summed E-state index contributed by atoms with van der Waals surface area (Å²) in [5, 5.41) is 0.